The molecule has 2 aliphatic heterocycles. The van der Waals surface area contributed by atoms with E-state index in [1.54, 1.807) is 0 Å². The summed E-state index contributed by atoms with van der Waals surface area (Å²) >= 11 is 0. The van der Waals surface area contributed by atoms with Gasteiger partial charge in [0.2, 0.25) is 0 Å². The van der Waals surface area contributed by atoms with Crippen LogP contribution in [0.5, 0.6) is 0 Å². The van der Waals surface area contributed by atoms with E-state index in [4.69, 9.17) is 4.74 Å². The van der Waals surface area contributed by atoms with E-state index in [-0.39, 0.29) is 12.4 Å². The van der Waals surface area contributed by atoms with Gasteiger partial charge in [0.15, 0.2) is 0 Å². The fraction of sp³-hybridized carbons (Fsp3) is 0.714. The molecule has 1 aromatic carbocycles. The largest absolute Gasteiger partial charge is 0.379 e. The van der Waals surface area contributed by atoms with Crippen molar-refractivity contribution in [1.29, 1.82) is 0 Å². The highest BCUT2D eigenvalue weighted by Crippen LogP contribution is 2.29. The third kappa shape index (κ3) is 4.60. The Balaban J connectivity index is 0.00000196. The first-order valence-electron chi connectivity index (χ1n) is 10.2. The van der Waals surface area contributed by atoms with Crippen LogP contribution in [0.2, 0.25) is 0 Å². The van der Waals surface area contributed by atoms with Crippen LogP contribution < -0.4 is 10.6 Å². The second kappa shape index (κ2) is 9.52. The van der Waals surface area contributed by atoms with Crippen LogP contribution in [0.4, 0.5) is 0 Å². The van der Waals surface area contributed by atoms with E-state index >= 15 is 0 Å². The molecule has 26 heavy (non-hydrogen) atoms. The van der Waals surface area contributed by atoms with Gasteiger partial charge in [0.1, 0.15) is 0 Å². The van der Waals surface area contributed by atoms with Gasteiger partial charge in [0.25, 0.3) is 0 Å². The van der Waals surface area contributed by atoms with Crippen molar-refractivity contribution in [1.82, 2.24) is 15.5 Å². The maximum atomic E-state index is 5.70. The van der Waals surface area contributed by atoms with E-state index in [1.807, 2.05) is 0 Å². The van der Waals surface area contributed by atoms with Crippen LogP contribution in [0.15, 0.2) is 24.3 Å². The quantitative estimate of drug-likeness (QED) is 0.824. The molecule has 1 saturated carbocycles. The van der Waals surface area contributed by atoms with Crippen molar-refractivity contribution < 1.29 is 4.74 Å². The minimum Gasteiger partial charge on any atom is -0.379 e. The summed E-state index contributed by atoms with van der Waals surface area (Å²) in [5.74, 6) is 0.731. The average molecular weight is 380 g/mol. The maximum Gasteiger partial charge on any atom is 0.0623 e. The standard InChI is InChI=1S/C21H33N3O.ClH/c1-16(24-11-9-17-5-2-3-6-18(17)14-24)13-23-20-8-4-7-19(20)21-15-25-12-10-22-21;/h2-3,5-6,16,19-23H,4,7-15H2,1H3;1H. The topological polar surface area (TPSA) is 36.5 Å². The zero-order valence-corrected chi connectivity index (χ0v) is 16.8. The molecule has 0 bridgehead atoms. The van der Waals surface area contributed by atoms with Gasteiger partial charge in [-0.1, -0.05) is 30.7 Å². The molecular weight excluding hydrogens is 346 g/mol. The molecular formula is C21H34ClN3O. The molecule has 5 heteroatoms. The van der Waals surface area contributed by atoms with Gasteiger partial charge in [0.05, 0.1) is 13.2 Å². The number of halogens is 1. The van der Waals surface area contributed by atoms with E-state index in [2.05, 4.69) is 46.7 Å². The number of nitrogens with zero attached hydrogens (tertiary/aromatic N) is 1. The predicted molar refractivity (Wildman–Crippen MR) is 109 cm³/mol. The lowest BCUT2D eigenvalue weighted by Gasteiger charge is -2.36. The number of rotatable bonds is 5. The van der Waals surface area contributed by atoms with Crippen molar-refractivity contribution in [2.45, 2.75) is 57.3 Å². The Hall–Kier alpha value is -0.650. The average Bonchev–Trinajstić information content (AvgIpc) is 3.15. The second-order valence-electron chi connectivity index (χ2n) is 8.08. The van der Waals surface area contributed by atoms with Crippen molar-refractivity contribution in [3.63, 3.8) is 0 Å². The van der Waals surface area contributed by atoms with Crippen molar-refractivity contribution in [3.8, 4) is 0 Å². The summed E-state index contributed by atoms with van der Waals surface area (Å²) in [6.45, 7) is 8.54. The summed E-state index contributed by atoms with van der Waals surface area (Å²) < 4.78 is 5.70. The molecule has 3 aliphatic rings. The fourth-order valence-corrected chi connectivity index (χ4v) is 4.93. The fourth-order valence-electron chi connectivity index (χ4n) is 4.93. The number of morpholine rings is 1. The highest BCUT2D eigenvalue weighted by molar-refractivity contribution is 5.85. The van der Waals surface area contributed by atoms with Crippen LogP contribution >= 0.6 is 12.4 Å². The molecule has 4 unspecified atom stereocenters. The van der Waals surface area contributed by atoms with E-state index < -0.39 is 0 Å². The molecule has 146 valence electrons. The Bertz CT molecular complexity index is 564. The summed E-state index contributed by atoms with van der Waals surface area (Å²) in [6.07, 6.45) is 5.20. The molecule has 4 rings (SSSR count). The van der Waals surface area contributed by atoms with Crippen LogP contribution in [0, 0.1) is 5.92 Å². The minimum atomic E-state index is 0. The Morgan fingerprint density at radius 1 is 1.27 bits per heavy atom. The Morgan fingerprint density at radius 2 is 2.12 bits per heavy atom. The van der Waals surface area contributed by atoms with E-state index in [9.17, 15) is 0 Å². The van der Waals surface area contributed by atoms with Crippen molar-refractivity contribution in [2.24, 2.45) is 5.92 Å². The van der Waals surface area contributed by atoms with Gasteiger partial charge >= 0.3 is 0 Å². The van der Waals surface area contributed by atoms with Gasteiger partial charge in [-0.05, 0) is 43.2 Å². The smallest absolute Gasteiger partial charge is 0.0623 e. The summed E-state index contributed by atoms with van der Waals surface area (Å²) in [5, 5.41) is 7.59. The number of fused-ring (bicyclic) bond motifs is 1. The van der Waals surface area contributed by atoms with Crippen LogP contribution in [0.3, 0.4) is 0 Å². The molecule has 2 N–H and O–H groups in total. The molecule has 2 fully saturated rings. The molecule has 0 amide bonds. The summed E-state index contributed by atoms with van der Waals surface area (Å²) in [6, 6.07) is 10.7. The highest BCUT2D eigenvalue weighted by atomic mass is 35.5. The molecule has 1 saturated heterocycles. The predicted octanol–water partition coefficient (Wildman–Crippen LogP) is 2.60. The molecule has 4 nitrogen and oxygen atoms in total. The SMILES string of the molecule is CC(CNC1CCCC1C1COCCN1)N1CCc2ccccc2C1.Cl. The molecule has 1 aliphatic carbocycles. The lowest BCUT2D eigenvalue weighted by Crippen LogP contribution is -2.52. The van der Waals surface area contributed by atoms with Gasteiger partial charge in [-0.25, -0.2) is 0 Å². The van der Waals surface area contributed by atoms with E-state index in [0.29, 0.717) is 18.1 Å². The highest BCUT2D eigenvalue weighted by Gasteiger charge is 2.34. The Kier molecular flexibility index (Phi) is 7.35. The normalized spacial score (nSPS) is 30.4. The van der Waals surface area contributed by atoms with Crippen LogP contribution in [0.1, 0.15) is 37.3 Å². The first kappa shape index (κ1) is 20.1. The third-order valence-corrected chi connectivity index (χ3v) is 6.50. The monoisotopic (exact) mass is 379 g/mol. The van der Waals surface area contributed by atoms with Crippen molar-refractivity contribution in [2.75, 3.05) is 32.8 Å². The van der Waals surface area contributed by atoms with Crippen LogP contribution in [-0.4, -0.2) is 55.9 Å². The maximum absolute atomic E-state index is 5.70. The molecule has 0 radical (unpaired) electrons. The molecule has 0 spiro atoms. The lowest BCUT2D eigenvalue weighted by atomic mass is 9.93. The number of nitrogens with one attached hydrogen (secondary N) is 2. The molecule has 2 heterocycles. The summed E-state index contributed by atoms with van der Waals surface area (Å²) in [7, 11) is 0. The first-order chi connectivity index (χ1) is 12.3. The third-order valence-electron chi connectivity index (χ3n) is 6.50. The van der Waals surface area contributed by atoms with Gasteiger partial charge in [-0.3, -0.25) is 4.90 Å². The van der Waals surface area contributed by atoms with Crippen molar-refractivity contribution >= 4 is 12.4 Å². The Morgan fingerprint density at radius 3 is 2.92 bits per heavy atom. The van der Waals surface area contributed by atoms with Crippen LogP contribution in [0.25, 0.3) is 0 Å². The lowest BCUT2D eigenvalue weighted by molar-refractivity contribution is 0.0518. The van der Waals surface area contributed by atoms with Crippen molar-refractivity contribution in [3.05, 3.63) is 35.4 Å². The zero-order chi connectivity index (χ0) is 17.1. The number of ether oxygens (including phenoxy) is 1. The second-order valence-corrected chi connectivity index (χ2v) is 8.08. The van der Waals surface area contributed by atoms with E-state index in [0.717, 1.165) is 38.8 Å². The number of benzene rings is 1. The number of hydrogen-bond acceptors (Lipinski definition) is 4. The minimum absolute atomic E-state index is 0. The van der Waals surface area contributed by atoms with Gasteiger partial charge in [-0.15, -0.1) is 12.4 Å². The van der Waals surface area contributed by atoms with Gasteiger partial charge in [-0.2, -0.15) is 0 Å². The van der Waals surface area contributed by atoms with Gasteiger partial charge < -0.3 is 15.4 Å². The Labute approximate surface area is 164 Å². The number of hydrogen-bond donors (Lipinski definition) is 2. The van der Waals surface area contributed by atoms with E-state index in [1.165, 1.54) is 43.4 Å². The zero-order valence-electron chi connectivity index (χ0n) is 16.0. The van der Waals surface area contributed by atoms with Crippen LogP contribution in [-0.2, 0) is 17.7 Å². The molecule has 4 atom stereocenters. The summed E-state index contributed by atoms with van der Waals surface area (Å²) in [4.78, 5) is 2.64. The summed E-state index contributed by atoms with van der Waals surface area (Å²) in [5.41, 5.74) is 3.06. The van der Waals surface area contributed by atoms with Gasteiger partial charge in [0, 0.05) is 44.3 Å². The first-order valence-corrected chi connectivity index (χ1v) is 10.2. The molecule has 0 aromatic heterocycles. The molecule has 1 aromatic rings.